The topological polar surface area (TPSA) is 92.3 Å². The third-order valence-corrected chi connectivity index (χ3v) is 3.40. The number of carbonyl (C=O) groups excluding carboxylic acids is 2. The predicted octanol–water partition coefficient (Wildman–Crippen LogP) is 3.30. The van der Waals surface area contributed by atoms with E-state index in [9.17, 15) is 9.59 Å². The number of nitrogens with one attached hydrogen (secondary N) is 1. The molecule has 1 aromatic carbocycles. The van der Waals surface area contributed by atoms with Crippen molar-refractivity contribution >= 4 is 29.2 Å². The maximum Gasteiger partial charge on any atom is 0.342 e. The molecule has 0 saturated heterocycles. The van der Waals surface area contributed by atoms with Gasteiger partial charge in [0.25, 0.3) is 5.91 Å². The third kappa shape index (κ3) is 3.90. The summed E-state index contributed by atoms with van der Waals surface area (Å²) in [6.07, 6.45) is 0.362. The van der Waals surface area contributed by atoms with Crippen LogP contribution in [0.2, 0.25) is 5.02 Å². The molecule has 1 heterocycles. The molecule has 2 aromatic rings. The quantitative estimate of drug-likeness (QED) is 0.867. The van der Waals surface area contributed by atoms with Crippen molar-refractivity contribution in [1.29, 1.82) is 5.26 Å². The first kappa shape index (κ1) is 16.6. The van der Waals surface area contributed by atoms with Crippen LogP contribution in [0.5, 0.6) is 0 Å². The lowest BCUT2D eigenvalue weighted by Crippen LogP contribution is -2.30. The van der Waals surface area contributed by atoms with Gasteiger partial charge in [-0.15, -0.1) is 0 Å². The van der Waals surface area contributed by atoms with Crippen molar-refractivity contribution in [1.82, 2.24) is 0 Å². The smallest absolute Gasteiger partial charge is 0.342 e. The van der Waals surface area contributed by atoms with Crippen molar-refractivity contribution in [3.05, 3.63) is 52.4 Å². The molecule has 0 unspecified atom stereocenters. The molecule has 0 spiro atoms. The zero-order chi connectivity index (χ0) is 17.0. The Bertz CT molecular complexity index is 792. The standard InChI is InChI=1S/C16H13ClN2O4/c1-9-13(5-6-22-9)16(21)23-10(2)15(20)19-12-4-3-11(8-18)14(17)7-12/h3-7,10H,1-2H3,(H,19,20)/t10-/m0/s1. The zero-order valence-electron chi connectivity index (χ0n) is 12.4. The Morgan fingerprint density at radius 2 is 2.13 bits per heavy atom. The molecule has 0 fully saturated rings. The van der Waals surface area contributed by atoms with Crippen molar-refractivity contribution in [3.63, 3.8) is 0 Å². The summed E-state index contributed by atoms with van der Waals surface area (Å²) in [5, 5.41) is 11.6. The van der Waals surface area contributed by atoms with Crippen molar-refractivity contribution in [2.75, 3.05) is 5.32 Å². The fourth-order valence-corrected chi connectivity index (χ4v) is 2.02. The number of benzene rings is 1. The Morgan fingerprint density at radius 3 is 2.70 bits per heavy atom. The van der Waals surface area contributed by atoms with E-state index in [1.165, 1.54) is 37.5 Å². The second-order valence-corrected chi connectivity index (χ2v) is 5.14. The van der Waals surface area contributed by atoms with Crippen LogP contribution >= 0.6 is 11.6 Å². The van der Waals surface area contributed by atoms with Crippen LogP contribution < -0.4 is 5.32 Å². The van der Waals surface area contributed by atoms with Crippen LogP contribution in [-0.4, -0.2) is 18.0 Å². The van der Waals surface area contributed by atoms with E-state index >= 15 is 0 Å². The lowest BCUT2D eigenvalue weighted by Gasteiger charge is -2.13. The second kappa shape index (κ2) is 6.99. The summed E-state index contributed by atoms with van der Waals surface area (Å²) in [6, 6.07) is 7.88. The number of anilines is 1. The fourth-order valence-electron chi connectivity index (χ4n) is 1.80. The van der Waals surface area contributed by atoms with Gasteiger partial charge in [-0.25, -0.2) is 4.79 Å². The molecule has 0 aliphatic carbocycles. The van der Waals surface area contributed by atoms with Crippen molar-refractivity contribution in [3.8, 4) is 6.07 Å². The van der Waals surface area contributed by atoms with E-state index in [-0.39, 0.29) is 10.6 Å². The lowest BCUT2D eigenvalue weighted by molar-refractivity contribution is -0.123. The van der Waals surface area contributed by atoms with Gasteiger partial charge in [0.05, 0.1) is 16.8 Å². The molecular weight excluding hydrogens is 320 g/mol. The number of nitriles is 1. The van der Waals surface area contributed by atoms with Crippen molar-refractivity contribution in [2.45, 2.75) is 20.0 Å². The second-order valence-electron chi connectivity index (χ2n) is 4.73. The SMILES string of the molecule is Cc1occc1C(=O)O[C@@H](C)C(=O)Nc1ccc(C#N)c(Cl)c1. The number of rotatable bonds is 4. The van der Waals surface area contributed by atoms with E-state index in [1.807, 2.05) is 6.07 Å². The summed E-state index contributed by atoms with van der Waals surface area (Å²) >= 11 is 5.89. The minimum atomic E-state index is -1.01. The number of hydrogen-bond donors (Lipinski definition) is 1. The van der Waals surface area contributed by atoms with Gasteiger partial charge in [-0.2, -0.15) is 5.26 Å². The predicted molar refractivity (Wildman–Crippen MR) is 83.1 cm³/mol. The number of nitrogens with zero attached hydrogens (tertiary/aromatic N) is 1. The maximum absolute atomic E-state index is 12.0. The van der Waals surface area contributed by atoms with Crippen LogP contribution in [0.4, 0.5) is 5.69 Å². The lowest BCUT2D eigenvalue weighted by atomic mass is 10.2. The highest BCUT2D eigenvalue weighted by Gasteiger charge is 2.21. The van der Waals surface area contributed by atoms with E-state index in [1.54, 1.807) is 6.92 Å². The average molecular weight is 333 g/mol. The number of esters is 1. The van der Waals surface area contributed by atoms with Gasteiger partial charge in [-0.05, 0) is 38.1 Å². The van der Waals surface area contributed by atoms with Crippen LogP contribution in [0.25, 0.3) is 0 Å². The molecule has 1 N–H and O–H groups in total. The number of hydrogen-bond acceptors (Lipinski definition) is 5. The van der Waals surface area contributed by atoms with E-state index in [0.717, 1.165) is 0 Å². The normalized spacial score (nSPS) is 11.4. The molecule has 1 atom stereocenters. The van der Waals surface area contributed by atoms with Gasteiger partial charge in [-0.1, -0.05) is 11.6 Å². The zero-order valence-corrected chi connectivity index (χ0v) is 13.2. The number of aryl methyl sites for hydroxylation is 1. The molecule has 1 amide bonds. The first-order valence-corrected chi connectivity index (χ1v) is 7.05. The molecule has 0 saturated carbocycles. The molecule has 0 radical (unpaired) electrons. The summed E-state index contributed by atoms with van der Waals surface area (Å²) in [5.41, 5.74) is 0.979. The summed E-state index contributed by atoms with van der Waals surface area (Å²) in [4.78, 5) is 24.0. The highest BCUT2D eigenvalue weighted by molar-refractivity contribution is 6.32. The Morgan fingerprint density at radius 1 is 1.39 bits per heavy atom. The summed E-state index contributed by atoms with van der Waals surface area (Å²) in [6.45, 7) is 3.08. The summed E-state index contributed by atoms with van der Waals surface area (Å²) < 4.78 is 10.1. The molecular formula is C16H13ClN2O4. The first-order chi connectivity index (χ1) is 10.9. The van der Waals surface area contributed by atoms with E-state index in [0.29, 0.717) is 17.0 Å². The number of halogens is 1. The van der Waals surface area contributed by atoms with Gasteiger partial charge in [0.1, 0.15) is 17.4 Å². The Balaban J connectivity index is 2.00. The van der Waals surface area contributed by atoms with Crippen LogP contribution in [0, 0.1) is 18.3 Å². The van der Waals surface area contributed by atoms with E-state index in [4.69, 9.17) is 26.0 Å². The van der Waals surface area contributed by atoms with Gasteiger partial charge >= 0.3 is 5.97 Å². The van der Waals surface area contributed by atoms with Gasteiger partial charge < -0.3 is 14.5 Å². The number of carbonyl (C=O) groups is 2. The van der Waals surface area contributed by atoms with Gasteiger partial charge in [-0.3, -0.25) is 4.79 Å². The van der Waals surface area contributed by atoms with Crippen molar-refractivity contribution in [2.24, 2.45) is 0 Å². The molecule has 1 aromatic heterocycles. The molecule has 0 aliphatic heterocycles. The van der Waals surface area contributed by atoms with Crippen LogP contribution in [0.1, 0.15) is 28.6 Å². The highest BCUT2D eigenvalue weighted by Crippen LogP contribution is 2.20. The monoisotopic (exact) mass is 332 g/mol. The van der Waals surface area contributed by atoms with Gasteiger partial charge in [0, 0.05) is 5.69 Å². The molecule has 2 rings (SSSR count). The number of amides is 1. The molecule has 23 heavy (non-hydrogen) atoms. The van der Waals surface area contributed by atoms with E-state index < -0.39 is 18.0 Å². The number of furan rings is 1. The van der Waals surface area contributed by atoms with E-state index in [2.05, 4.69) is 5.32 Å². The maximum atomic E-state index is 12.0. The van der Waals surface area contributed by atoms with Crippen molar-refractivity contribution < 1.29 is 18.7 Å². The fraction of sp³-hybridized carbons (Fsp3) is 0.188. The summed E-state index contributed by atoms with van der Waals surface area (Å²) in [5.74, 6) is -0.737. The highest BCUT2D eigenvalue weighted by atomic mass is 35.5. The third-order valence-electron chi connectivity index (χ3n) is 3.09. The van der Waals surface area contributed by atoms with Crippen LogP contribution in [-0.2, 0) is 9.53 Å². The molecule has 7 heteroatoms. The molecule has 6 nitrogen and oxygen atoms in total. The van der Waals surface area contributed by atoms with Gasteiger partial charge in [0.2, 0.25) is 0 Å². The first-order valence-electron chi connectivity index (χ1n) is 6.68. The Labute approximate surface area is 137 Å². The summed E-state index contributed by atoms with van der Waals surface area (Å²) in [7, 11) is 0. The van der Waals surface area contributed by atoms with Gasteiger partial charge in [0.15, 0.2) is 6.10 Å². The average Bonchev–Trinajstić information content (AvgIpc) is 2.93. The molecule has 0 bridgehead atoms. The minimum absolute atomic E-state index is 0.226. The largest absolute Gasteiger partial charge is 0.469 e. The Hall–Kier alpha value is -2.78. The minimum Gasteiger partial charge on any atom is -0.469 e. The Kier molecular flexibility index (Phi) is 5.04. The molecule has 118 valence electrons. The molecule has 0 aliphatic rings. The van der Waals surface area contributed by atoms with Crippen LogP contribution in [0.3, 0.4) is 0 Å². The van der Waals surface area contributed by atoms with Crippen LogP contribution in [0.15, 0.2) is 34.9 Å². The number of ether oxygens (including phenoxy) is 1.